The summed E-state index contributed by atoms with van der Waals surface area (Å²) < 4.78 is 4.87. The number of hydrogen-bond donors (Lipinski definition) is 2. The Morgan fingerprint density at radius 1 is 1.37 bits per heavy atom. The minimum absolute atomic E-state index is 0.0504. The van der Waals surface area contributed by atoms with E-state index in [-0.39, 0.29) is 12.5 Å². The van der Waals surface area contributed by atoms with Gasteiger partial charge in [-0.1, -0.05) is 28.4 Å². The predicted molar refractivity (Wildman–Crippen MR) is 74.8 cm³/mol. The molecule has 100 valence electrons. The normalized spacial score (nSPS) is 10.3. The minimum atomic E-state index is -0.259. The Labute approximate surface area is 119 Å². The first-order chi connectivity index (χ1) is 9.04. The maximum atomic E-state index is 11.7. The summed E-state index contributed by atoms with van der Waals surface area (Å²) in [6.45, 7) is 1.82. The van der Waals surface area contributed by atoms with Crippen molar-refractivity contribution in [2.45, 2.75) is 6.92 Å². The standard InChI is InChI=1S/C12H11Cl2N3O2/c1-7-4-11(17-19-7)15-6-12(18)16-10-5-8(13)2-3-9(10)14/h2-5H,6H2,1H3,(H,15,17)(H,16,18). The van der Waals surface area contributed by atoms with Crippen LogP contribution in [0.3, 0.4) is 0 Å². The SMILES string of the molecule is Cc1cc(NCC(=O)Nc2cc(Cl)ccc2Cl)no1. The average molecular weight is 300 g/mol. The summed E-state index contributed by atoms with van der Waals surface area (Å²) in [6, 6.07) is 6.55. The van der Waals surface area contributed by atoms with Gasteiger partial charge in [0.15, 0.2) is 5.82 Å². The maximum Gasteiger partial charge on any atom is 0.243 e. The molecule has 0 radical (unpaired) electrons. The number of nitrogens with one attached hydrogen (secondary N) is 2. The number of carbonyl (C=O) groups is 1. The highest BCUT2D eigenvalue weighted by atomic mass is 35.5. The molecule has 1 amide bonds. The van der Waals surface area contributed by atoms with Gasteiger partial charge in [-0.05, 0) is 25.1 Å². The number of hydrogen-bond acceptors (Lipinski definition) is 4. The van der Waals surface area contributed by atoms with Crippen LogP contribution in [0.1, 0.15) is 5.76 Å². The minimum Gasteiger partial charge on any atom is -0.360 e. The molecule has 0 unspecified atom stereocenters. The quantitative estimate of drug-likeness (QED) is 0.908. The lowest BCUT2D eigenvalue weighted by Crippen LogP contribution is -2.22. The number of aryl methyl sites for hydroxylation is 1. The molecule has 2 N–H and O–H groups in total. The Hall–Kier alpha value is -1.72. The number of anilines is 2. The van der Waals surface area contributed by atoms with Gasteiger partial charge in [-0.2, -0.15) is 0 Å². The van der Waals surface area contributed by atoms with Crippen molar-refractivity contribution in [1.29, 1.82) is 0 Å². The number of nitrogens with zero attached hydrogens (tertiary/aromatic N) is 1. The first kappa shape index (κ1) is 13.7. The van der Waals surface area contributed by atoms with E-state index in [9.17, 15) is 4.79 Å². The molecule has 1 heterocycles. The molecule has 0 saturated carbocycles. The molecule has 0 bridgehead atoms. The van der Waals surface area contributed by atoms with Crippen molar-refractivity contribution in [2.24, 2.45) is 0 Å². The van der Waals surface area contributed by atoms with Crippen molar-refractivity contribution in [1.82, 2.24) is 5.16 Å². The van der Waals surface area contributed by atoms with E-state index in [1.807, 2.05) is 0 Å². The summed E-state index contributed by atoms with van der Waals surface area (Å²) in [5.41, 5.74) is 0.470. The molecular weight excluding hydrogens is 289 g/mol. The average Bonchev–Trinajstić information content (AvgIpc) is 2.77. The van der Waals surface area contributed by atoms with Crippen LogP contribution in [0, 0.1) is 6.92 Å². The van der Waals surface area contributed by atoms with E-state index < -0.39 is 0 Å². The van der Waals surface area contributed by atoms with E-state index >= 15 is 0 Å². The zero-order chi connectivity index (χ0) is 13.8. The van der Waals surface area contributed by atoms with E-state index in [4.69, 9.17) is 27.7 Å². The smallest absolute Gasteiger partial charge is 0.243 e. The molecule has 0 spiro atoms. The third-order valence-corrected chi connectivity index (χ3v) is 2.83. The van der Waals surface area contributed by atoms with Gasteiger partial charge >= 0.3 is 0 Å². The van der Waals surface area contributed by atoms with Crippen LogP contribution < -0.4 is 10.6 Å². The van der Waals surface area contributed by atoms with Gasteiger partial charge < -0.3 is 15.2 Å². The number of carbonyl (C=O) groups excluding carboxylic acids is 1. The van der Waals surface area contributed by atoms with Gasteiger partial charge in [-0.25, -0.2) is 0 Å². The Kier molecular flexibility index (Phi) is 4.29. The van der Waals surface area contributed by atoms with Gasteiger partial charge in [-0.3, -0.25) is 4.79 Å². The molecule has 5 nitrogen and oxygen atoms in total. The highest BCUT2D eigenvalue weighted by molar-refractivity contribution is 6.35. The van der Waals surface area contributed by atoms with Gasteiger partial charge in [-0.15, -0.1) is 0 Å². The molecule has 0 aliphatic heterocycles. The molecule has 7 heteroatoms. The van der Waals surface area contributed by atoms with Crippen LogP contribution in [0.5, 0.6) is 0 Å². The fourth-order valence-electron chi connectivity index (χ4n) is 1.41. The van der Waals surface area contributed by atoms with E-state index in [0.29, 0.717) is 27.3 Å². The molecule has 0 aliphatic rings. The van der Waals surface area contributed by atoms with Gasteiger partial charge in [0, 0.05) is 11.1 Å². The second-order valence-electron chi connectivity index (χ2n) is 3.85. The Morgan fingerprint density at radius 3 is 2.84 bits per heavy atom. The summed E-state index contributed by atoms with van der Waals surface area (Å²) >= 11 is 11.8. The van der Waals surface area contributed by atoms with Crippen molar-refractivity contribution in [2.75, 3.05) is 17.2 Å². The monoisotopic (exact) mass is 299 g/mol. The lowest BCUT2D eigenvalue weighted by molar-refractivity contribution is -0.114. The summed E-state index contributed by atoms with van der Waals surface area (Å²) in [5.74, 6) is 0.912. The number of rotatable bonds is 4. The molecule has 1 aromatic carbocycles. The van der Waals surface area contributed by atoms with Crippen molar-refractivity contribution in [3.63, 3.8) is 0 Å². The van der Waals surface area contributed by atoms with Gasteiger partial charge in [0.2, 0.25) is 5.91 Å². The van der Waals surface area contributed by atoms with Crippen molar-refractivity contribution < 1.29 is 9.32 Å². The van der Waals surface area contributed by atoms with Gasteiger partial charge in [0.1, 0.15) is 5.76 Å². The van der Waals surface area contributed by atoms with Crippen LogP contribution in [0.25, 0.3) is 0 Å². The molecule has 1 aromatic heterocycles. The van der Waals surface area contributed by atoms with Gasteiger partial charge in [0.05, 0.1) is 17.3 Å². The fourth-order valence-corrected chi connectivity index (χ4v) is 1.75. The molecule has 0 atom stereocenters. The second-order valence-corrected chi connectivity index (χ2v) is 4.69. The molecule has 19 heavy (non-hydrogen) atoms. The van der Waals surface area contributed by atoms with Crippen LogP contribution in [0.4, 0.5) is 11.5 Å². The van der Waals surface area contributed by atoms with E-state index in [0.717, 1.165) is 0 Å². The summed E-state index contributed by atoms with van der Waals surface area (Å²) in [4.78, 5) is 11.7. The van der Waals surface area contributed by atoms with Crippen LogP contribution in [0.15, 0.2) is 28.8 Å². The first-order valence-corrected chi connectivity index (χ1v) is 6.22. The Bertz CT molecular complexity index is 598. The lowest BCUT2D eigenvalue weighted by atomic mass is 10.3. The summed E-state index contributed by atoms with van der Waals surface area (Å²) in [6.07, 6.45) is 0. The predicted octanol–water partition coefficient (Wildman–Crippen LogP) is 3.34. The second kappa shape index (κ2) is 5.95. The zero-order valence-electron chi connectivity index (χ0n) is 10.0. The topological polar surface area (TPSA) is 67.2 Å². The third-order valence-electron chi connectivity index (χ3n) is 2.26. The van der Waals surface area contributed by atoms with Crippen molar-refractivity contribution in [3.8, 4) is 0 Å². The van der Waals surface area contributed by atoms with Gasteiger partial charge in [0.25, 0.3) is 0 Å². The maximum absolute atomic E-state index is 11.7. The largest absolute Gasteiger partial charge is 0.360 e. The number of amides is 1. The number of aromatic nitrogens is 1. The van der Waals surface area contributed by atoms with Crippen molar-refractivity contribution in [3.05, 3.63) is 40.1 Å². The number of benzene rings is 1. The lowest BCUT2D eigenvalue weighted by Gasteiger charge is -2.07. The molecule has 0 fully saturated rings. The van der Waals surface area contributed by atoms with Crippen LogP contribution in [-0.4, -0.2) is 17.6 Å². The first-order valence-electron chi connectivity index (χ1n) is 5.46. The Balaban J connectivity index is 1.92. The third kappa shape index (κ3) is 3.87. The van der Waals surface area contributed by atoms with Crippen LogP contribution in [-0.2, 0) is 4.79 Å². The van der Waals surface area contributed by atoms with Crippen LogP contribution >= 0.6 is 23.2 Å². The summed E-state index contributed by atoms with van der Waals surface area (Å²) in [7, 11) is 0. The Morgan fingerprint density at radius 2 is 2.16 bits per heavy atom. The molecular formula is C12H11Cl2N3O2. The molecule has 2 aromatic rings. The highest BCUT2D eigenvalue weighted by Gasteiger charge is 2.07. The zero-order valence-corrected chi connectivity index (χ0v) is 11.5. The molecule has 0 aliphatic carbocycles. The van der Waals surface area contributed by atoms with E-state index in [2.05, 4.69) is 15.8 Å². The highest BCUT2D eigenvalue weighted by Crippen LogP contribution is 2.25. The van der Waals surface area contributed by atoms with E-state index in [1.165, 1.54) is 0 Å². The molecule has 2 rings (SSSR count). The fraction of sp³-hybridized carbons (Fsp3) is 0.167. The number of halogens is 2. The van der Waals surface area contributed by atoms with E-state index in [1.54, 1.807) is 31.2 Å². The summed E-state index contributed by atoms with van der Waals surface area (Å²) in [5, 5.41) is 10.1. The molecule has 0 saturated heterocycles. The van der Waals surface area contributed by atoms with Crippen LogP contribution in [0.2, 0.25) is 10.0 Å². The van der Waals surface area contributed by atoms with Crippen molar-refractivity contribution >= 4 is 40.6 Å².